The van der Waals surface area contributed by atoms with Crippen molar-refractivity contribution in [3.63, 3.8) is 0 Å². The third-order valence-corrected chi connectivity index (χ3v) is 5.82. The number of rotatable bonds is 5. The van der Waals surface area contributed by atoms with Crippen LogP contribution in [0, 0.1) is 16.3 Å². The molecule has 2 heterocycles. The number of carbonyl (C=O) groups excluding carboxylic acids is 1. The lowest BCUT2D eigenvalue weighted by Crippen LogP contribution is -2.33. The Morgan fingerprint density at radius 2 is 2.21 bits per heavy atom. The van der Waals surface area contributed by atoms with Crippen molar-refractivity contribution in [1.82, 2.24) is 14.2 Å². The van der Waals surface area contributed by atoms with E-state index in [1.54, 1.807) is 0 Å². The van der Waals surface area contributed by atoms with Gasteiger partial charge >= 0.3 is 0 Å². The Bertz CT molecular complexity index is 1060. The van der Waals surface area contributed by atoms with Crippen LogP contribution in [0.3, 0.4) is 0 Å². The Morgan fingerprint density at radius 1 is 1.34 bits per heavy atom. The molecule has 1 saturated heterocycles. The fraction of sp³-hybridized carbons (Fsp3) is 0.316. The predicted octanol–water partition coefficient (Wildman–Crippen LogP) is 4.68. The van der Waals surface area contributed by atoms with Gasteiger partial charge in [0.15, 0.2) is 12.1 Å². The summed E-state index contributed by atoms with van der Waals surface area (Å²) in [7, 11) is 0. The molecule has 0 saturated carbocycles. The molecule has 3 aromatic rings. The standard InChI is InChI=1S/C19H18FIN4O3S/c1-10-8-11(21)5-6-13(10)22-17-12(9-14-18(16(17)20)25-29-24-14)19(26)23-28-15-4-2-3-7-27-15/h5-6,8-9,15,22H,2-4,7H2,1H3,(H,23,26). The topological polar surface area (TPSA) is 85.4 Å². The van der Waals surface area contributed by atoms with E-state index in [0.29, 0.717) is 24.2 Å². The molecule has 7 nitrogen and oxygen atoms in total. The first kappa shape index (κ1) is 20.4. The second-order valence-corrected chi connectivity index (χ2v) is 8.45. The van der Waals surface area contributed by atoms with Crippen molar-refractivity contribution < 1.29 is 18.8 Å². The first-order chi connectivity index (χ1) is 14.0. The van der Waals surface area contributed by atoms with Gasteiger partial charge in [-0.1, -0.05) is 0 Å². The van der Waals surface area contributed by atoms with E-state index in [-0.39, 0.29) is 16.8 Å². The average Bonchev–Trinajstić information content (AvgIpc) is 3.19. The fourth-order valence-corrected chi connectivity index (χ4v) is 4.24. The van der Waals surface area contributed by atoms with Crippen LogP contribution in [0.5, 0.6) is 0 Å². The number of hydrogen-bond acceptors (Lipinski definition) is 7. The molecule has 29 heavy (non-hydrogen) atoms. The molecule has 0 aliphatic carbocycles. The van der Waals surface area contributed by atoms with Crippen molar-refractivity contribution in [3.8, 4) is 0 Å². The van der Waals surface area contributed by atoms with Crippen LogP contribution in [-0.4, -0.2) is 27.6 Å². The minimum atomic E-state index is -0.631. The highest BCUT2D eigenvalue weighted by Gasteiger charge is 2.23. The first-order valence-electron chi connectivity index (χ1n) is 9.08. The van der Waals surface area contributed by atoms with Gasteiger partial charge in [-0.05, 0) is 72.2 Å². The van der Waals surface area contributed by atoms with Gasteiger partial charge < -0.3 is 10.1 Å². The quantitative estimate of drug-likeness (QED) is 0.370. The van der Waals surface area contributed by atoms with Crippen LogP contribution < -0.4 is 10.8 Å². The smallest absolute Gasteiger partial charge is 0.277 e. The van der Waals surface area contributed by atoms with Gasteiger partial charge in [0.2, 0.25) is 0 Å². The molecule has 1 fully saturated rings. The molecule has 4 rings (SSSR count). The first-order valence-corrected chi connectivity index (χ1v) is 10.9. The number of carbonyl (C=O) groups is 1. The fourth-order valence-electron chi connectivity index (χ4n) is 3.07. The third-order valence-electron chi connectivity index (χ3n) is 4.61. The van der Waals surface area contributed by atoms with Crippen LogP contribution in [0.1, 0.15) is 35.2 Å². The molecular weight excluding hydrogens is 510 g/mol. The molecule has 2 aromatic carbocycles. The van der Waals surface area contributed by atoms with E-state index in [2.05, 4.69) is 42.1 Å². The van der Waals surface area contributed by atoms with Crippen molar-refractivity contribution >= 4 is 62.6 Å². The molecule has 1 aromatic heterocycles. The monoisotopic (exact) mass is 528 g/mol. The van der Waals surface area contributed by atoms with E-state index in [1.807, 2.05) is 25.1 Å². The van der Waals surface area contributed by atoms with Crippen LogP contribution >= 0.6 is 34.3 Å². The Kier molecular flexibility index (Phi) is 6.23. The highest BCUT2D eigenvalue weighted by atomic mass is 127. The van der Waals surface area contributed by atoms with Crippen LogP contribution in [0.4, 0.5) is 15.8 Å². The second-order valence-electron chi connectivity index (χ2n) is 6.67. The highest BCUT2D eigenvalue weighted by Crippen LogP contribution is 2.32. The van der Waals surface area contributed by atoms with Crippen molar-refractivity contribution in [2.75, 3.05) is 11.9 Å². The zero-order valence-electron chi connectivity index (χ0n) is 15.5. The van der Waals surface area contributed by atoms with Crippen molar-refractivity contribution in [2.24, 2.45) is 0 Å². The lowest BCUT2D eigenvalue weighted by atomic mass is 10.1. The van der Waals surface area contributed by atoms with Crippen LogP contribution in [-0.2, 0) is 9.57 Å². The molecule has 0 spiro atoms. The van der Waals surface area contributed by atoms with Crippen molar-refractivity contribution in [3.05, 3.63) is 44.8 Å². The number of fused-ring (bicyclic) bond motifs is 1. The molecular formula is C19H18FIN4O3S. The summed E-state index contributed by atoms with van der Waals surface area (Å²) in [6.07, 6.45) is 2.12. The number of anilines is 2. The Morgan fingerprint density at radius 3 is 2.97 bits per heavy atom. The molecule has 1 unspecified atom stereocenters. The Hall–Kier alpha value is -1.89. The van der Waals surface area contributed by atoms with Gasteiger partial charge in [-0.3, -0.25) is 4.79 Å². The second kappa shape index (κ2) is 8.86. The number of amides is 1. The average molecular weight is 528 g/mol. The van der Waals surface area contributed by atoms with Crippen molar-refractivity contribution in [2.45, 2.75) is 32.5 Å². The van der Waals surface area contributed by atoms with Gasteiger partial charge in [0, 0.05) is 22.3 Å². The molecule has 1 aliphatic rings. The zero-order chi connectivity index (χ0) is 20.4. The molecule has 1 amide bonds. The van der Waals surface area contributed by atoms with Gasteiger partial charge in [0.25, 0.3) is 5.91 Å². The summed E-state index contributed by atoms with van der Waals surface area (Å²) >= 11 is 3.10. The number of ether oxygens (including phenoxy) is 1. The summed E-state index contributed by atoms with van der Waals surface area (Å²) < 4.78 is 29.8. The van der Waals surface area contributed by atoms with E-state index in [9.17, 15) is 4.79 Å². The Labute approximate surface area is 184 Å². The summed E-state index contributed by atoms with van der Waals surface area (Å²) in [5.74, 6) is -1.22. The minimum Gasteiger partial charge on any atom is -0.352 e. The van der Waals surface area contributed by atoms with Crippen LogP contribution in [0.2, 0.25) is 0 Å². The molecule has 0 bridgehead atoms. The lowest BCUT2D eigenvalue weighted by molar-refractivity contribution is -0.186. The van der Waals surface area contributed by atoms with Gasteiger partial charge in [0.05, 0.1) is 23.0 Å². The normalized spacial score (nSPS) is 16.7. The molecule has 10 heteroatoms. The van der Waals surface area contributed by atoms with Gasteiger partial charge in [-0.2, -0.15) is 8.75 Å². The molecule has 1 atom stereocenters. The maximum Gasteiger partial charge on any atom is 0.277 e. The zero-order valence-corrected chi connectivity index (χ0v) is 18.5. The van der Waals surface area contributed by atoms with E-state index >= 15 is 4.39 Å². The maximum atomic E-state index is 15.2. The summed E-state index contributed by atoms with van der Waals surface area (Å²) in [4.78, 5) is 18.2. The number of benzene rings is 2. The molecule has 2 N–H and O–H groups in total. The number of aromatic nitrogens is 2. The van der Waals surface area contributed by atoms with Gasteiger partial charge in [-0.25, -0.2) is 14.7 Å². The molecule has 0 radical (unpaired) electrons. The largest absolute Gasteiger partial charge is 0.352 e. The summed E-state index contributed by atoms with van der Waals surface area (Å²) in [5.41, 5.74) is 4.54. The third kappa shape index (κ3) is 4.49. The number of hydroxylamine groups is 1. The predicted molar refractivity (Wildman–Crippen MR) is 117 cm³/mol. The summed E-state index contributed by atoms with van der Waals surface area (Å²) in [6.45, 7) is 2.50. The van der Waals surface area contributed by atoms with Crippen LogP contribution in [0.15, 0.2) is 24.3 Å². The van der Waals surface area contributed by atoms with E-state index in [1.165, 1.54) is 6.07 Å². The van der Waals surface area contributed by atoms with Crippen LogP contribution in [0.25, 0.3) is 11.0 Å². The highest BCUT2D eigenvalue weighted by molar-refractivity contribution is 14.1. The maximum absolute atomic E-state index is 15.2. The molecule has 1 aliphatic heterocycles. The SMILES string of the molecule is Cc1cc(I)ccc1Nc1c(C(=O)NOC2CCCCO2)cc2nsnc2c1F. The number of aryl methyl sites for hydroxylation is 1. The van der Waals surface area contributed by atoms with E-state index in [4.69, 9.17) is 9.57 Å². The summed E-state index contributed by atoms with van der Waals surface area (Å²) in [6, 6.07) is 7.22. The van der Waals surface area contributed by atoms with Gasteiger partial charge in [-0.15, -0.1) is 0 Å². The van der Waals surface area contributed by atoms with E-state index < -0.39 is 18.0 Å². The van der Waals surface area contributed by atoms with Gasteiger partial charge in [0.1, 0.15) is 11.0 Å². The number of halogens is 2. The number of nitrogens with zero attached hydrogens (tertiary/aromatic N) is 2. The van der Waals surface area contributed by atoms with Crippen molar-refractivity contribution in [1.29, 1.82) is 0 Å². The number of nitrogens with one attached hydrogen (secondary N) is 2. The van der Waals surface area contributed by atoms with E-state index in [0.717, 1.165) is 33.7 Å². The molecule has 152 valence electrons. The lowest BCUT2D eigenvalue weighted by Gasteiger charge is -2.22. The minimum absolute atomic E-state index is 0.0279. The Balaban J connectivity index is 1.66. The summed E-state index contributed by atoms with van der Waals surface area (Å²) in [5, 5.41) is 3.05. The number of hydrogen-bond donors (Lipinski definition) is 2.